The van der Waals surface area contributed by atoms with Crippen molar-refractivity contribution in [1.82, 2.24) is 4.90 Å². The molecule has 0 bridgehead atoms. The van der Waals surface area contributed by atoms with Crippen molar-refractivity contribution in [2.45, 2.75) is 31.2 Å². The van der Waals surface area contributed by atoms with Crippen molar-refractivity contribution in [3.63, 3.8) is 0 Å². The van der Waals surface area contributed by atoms with Gasteiger partial charge < -0.3 is 21.1 Å². The van der Waals surface area contributed by atoms with Gasteiger partial charge in [0.15, 0.2) is 0 Å². The Bertz CT molecular complexity index is 305. The Kier molecular flexibility index (Phi) is 4.25. The highest BCUT2D eigenvalue weighted by molar-refractivity contribution is 5.85. The fourth-order valence-corrected chi connectivity index (χ4v) is 3.04. The molecule has 0 aromatic heterocycles. The molecule has 0 aromatic carbocycles. The molecule has 2 unspecified atom stereocenters. The van der Waals surface area contributed by atoms with E-state index in [0.717, 1.165) is 39.0 Å². The summed E-state index contributed by atoms with van der Waals surface area (Å²) >= 11 is 0. The number of nitrogens with two attached hydrogens (primary N) is 2. The molecule has 0 radical (unpaired) electrons. The van der Waals surface area contributed by atoms with E-state index in [9.17, 15) is 4.79 Å². The Labute approximate surface area is 109 Å². The maximum atomic E-state index is 11.6. The summed E-state index contributed by atoms with van der Waals surface area (Å²) in [5, 5.41) is 0. The van der Waals surface area contributed by atoms with E-state index >= 15 is 0 Å². The van der Waals surface area contributed by atoms with Crippen LogP contribution in [0.4, 0.5) is 0 Å². The molecule has 5 heteroatoms. The molecule has 0 aromatic rings. The summed E-state index contributed by atoms with van der Waals surface area (Å²) in [6.45, 7) is 3.37. The summed E-state index contributed by atoms with van der Waals surface area (Å²) in [5.74, 6) is 0.497. The Morgan fingerprint density at radius 1 is 1.44 bits per heavy atom. The summed E-state index contributed by atoms with van der Waals surface area (Å²) in [5.41, 5.74) is 10.9. The number of hydrogen-bond donors (Lipinski definition) is 2. The van der Waals surface area contributed by atoms with E-state index in [2.05, 4.69) is 4.90 Å². The highest BCUT2D eigenvalue weighted by atomic mass is 16.5. The van der Waals surface area contributed by atoms with Gasteiger partial charge in [0.2, 0.25) is 5.91 Å². The molecule has 2 rings (SSSR count). The number of methoxy groups -OCH3 is 1. The minimum absolute atomic E-state index is 0.290. The lowest BCUT2D eigenvalue weighted by Gasteiger charge is -2.38. The molecule has 1 heterocycles. The number of piperidine rings is 1. The number of carbonyl (C=O) groups excluding carboxylic acids is 1. The number of carbonyl (C=O) groups is 1. The molecule has 1 aliphatic carbocycles. The lowest BCUT2D eigenvalue weighted by atomic mass is 9.90. The Morgan fingerprint density at radius 3 is 2.72 bits per heavy atom. The molecule has 1 amide bonds. The van der Waals surface area contributed by atoms with Crippen LogP contribution in [0.1, 0.15) is 25.7 Å². The minimum Gasteiger partial charge on any atom is -0.384 e. The second-order valence-corrected chi connectivity index (χ2v) is 5.88. The molecule has 1 saturated carbocycles. The Balaban J connectivity index is 1.92. The maximum Gasteiger partial charge on any atom is 0.239 e. The molecule has 0 spiro atoms. The number of rotatable bonds is 6. The Morgan fingerprint density at radius 2 is 2.17 bits per heavy atom. The van der Waals surface area contributed by atoms with Crippen molar-refractivity contribution in [2.24, 2.45) is 23.3 Å². The van der Waals surface area contributed by atoms with E-state index in [4.69, 9.17) is 16.2 Å². The first-order chi connectivity index (χ1) is 8.56. The standard InChI is InChI=1S/C13H25N3O2/c1-18-8-10-3-2-6-16(7-10)9-13(15,12(14)17)11-4-5-11/h10-11H,2-9,15H2,1H3,(H2,14,17). The van der Waals surface area contributed by atoms with Crippen LogP contribution in [-0.4, -0.2) is 49.7 Å². The van der Waals surface area contributed by atoms with Gasteiger partial charge >= 0.3 is 0 Å². The summed E-state index contributed by atoms with van der Waals surface area (Å²) in [7, 11) is 1.74. The third kappa shape index (κ3) is 3.02. The van der Waals surface area contributed by atoms with E-state index in [1.165, 1.54) is 6.42 Å². The third-order valence-corrected chi connectivity index (χ3v) is 4.26. The van der Waals surface area contributed by atoms with Crippen LogP contribution < -0.4 is 11.5 Å². The molecule has 4 N–H and O–H groups in total. The zero-order chi connectivity index (χ0) is 13.2. The van der Waals surface area contributed by atoms with Gasteiger partial charge in [0.25, 0.3) is 0 Å². The van der Waals surface area contributed by atoms with Gasteiger partial charge in [-0.3, -0.25) is 4.79 Å². The second-order valence-electron chi connectivity index (χ2n) is 5.88. The van der Waals surface area contributed by atoms with Crippen LogP contribution in [-0.2, 0) is 9.53 Å². The van der Waals surface area contributed by atoms with Gasteiger partial charge in [0, 0.05) is 20.2 Å². The predicted molar refractivity (Wildman–Crippen MR) is 69.9 cm³/mol. The summed E-state index contributed by atoms with van der Waals surface area (Å²) in [4.78, 5) is 13.9. The third-order valence-electron chi connectivity index (χ3n) is 4.26. The Hall–Kier alpha value is -0.650. The molecule has 2 atom stereocenters. The van der Waals surface area contributed by atoms with Crippen LogP contribution in [0.5, 0.6) is 0 Å². The topological polar surface area (TPSA) is 81.6 Å². The normalized spacial score (nSPS) is 28.9. The molecule has 104 valence electrons. The highest BCUT2D eigenvalue weighted by Gasteiger charge is 2.48. The molecule has 1 aliphatic heterocycles. The number of primary amides is 1. The first-order valence-corrected chi connectivity index (χ1v) is 6.86. The molecule has 18 heavy (non-hydrogen) atoms. The monoisotopic (exact) mass is 255 g/mol. The second kappa shape index (κ2) is 5.55. The molecular weight excluding hydrogens is 230 g/mol. The van der Waals surface area contributed by atoms with Gasteiger partial charge in [-0.05, 0) is 44.1 Å². The van der Waals surface area contributed by atoms with Crippen LogP contribution in [0.2, 0.25) is 0 Å². The van der Waals surface area contributed by atoms with Crippen molar-refractivity contribution < 1.29 is 9.53 Å². The van der Waals surface area contributed by atoms with E-state index in [-0.39, 0.29) is 11.8 Å². The molecular formula is C13H25N3O2. The van der Waals surface area contributed by atoms with Crippen molar-refractivity contribution >= 4 is 5.91 Å². The zero-order valence-electron chi connectivity index (χ0n) is 11.2. The average Bonchev–Trinajstić information content (AvgIpc) is 3.13. The molecule has 2 fully saturated rings. The fraction of sp³-hybridized carbons (Fsp3) is 0.923. The fourth-order valence-electron chi connectivity index (χ4n) is 3.04. The zero-order valence-corrected chi connectivity index (χ0v) is 11.2. The smallest absolute Gasteiger partial charge is 0.239 e. The number of ether oxygens (including phenoxy) is 1. The van der Waals surface area contributed by atoms with Crippen molar-refractivity contribution in [2.75, 3.05) is 33.4 Å². The number of likely N-dealkylation sites (tertiary alicyclic amines) is 1. The van der Waals surface area contributed by atoms with E-state index in [1.54, 1.807) is 7.11 Å². The SMILES string of the molecule is COCC1CCCN(CC(N)(C(N)=O)C2CC2)C1. The van der Waals surface area contributed by atoms with Gasteiger partial charge in [-0.1, -0.05) is 0 Å². The van der Waals surface area contributed by atoms with Crippen molar-refractivity contribution in [1.29, 1.82) is 0 Å². The average molecular weight is 255 g/mol. The van der Waals surface area contributed by atoms with Crippen molar-refractivity contribution in [3.8, 4) is 0 Å². The van der Waals surface area contributed by atoms with E-state index < -0.39 is 5.54 Å². The van der Waals surface area contributed by atoms with Gasteiger partial charge in [-0.2, -0.15) is 0 Å². The predicted octanol–water partition coefficient (Wildman–Crippen LogP) is -0.0624. The number of hydrogen-bond acceptors (Lipinski definition) is 4. The number of nitrogens with zero attached hydrogens (tertiary/aromatic N) is 1. The molecule has 1 saturated heterocycles. The van der Waals surface area contributed by atoms with Gasteiger partial charge in [-0.25, -0.2) is 0 Å². The largest absolute Gasteiger partial charge is 0.384 e. The van der Waals surface area contributed by atoms with Crippen LogP contribution in [0.25, 0.3) is 0 Å². The van der Waals surface area contributed by atoms with Crippen LogP contribution in [0, 0.1) is 11.8 Å². The molecule has 5 nitrogen and oxygen atoms in total. The van der Waals surface area contributed by atoms with Gasteiger partial charge in [-0.15, -0.1) is 0 Å². The number of amides is 1. The summed E-state index contributed by atoms with van der Waals surface area (Å²) in [6, 6.07) is 0. The van der Waals surface area contributed by atoms with E-state index in [0.29, 0.717) is 12.5 Å². The quantitative estimate of drug-likeness (QED) is 0.696. The first kappa shape index (κ1) is 13.8. The lowest BCUT2D eigenvalue weighted by Crippen LogP contribution is -2.61. The minimum atomic E-state index is -0.824. The van der Waals surface area contributed by atoms with Gasteiger partial charge in [0.05, 0.1) is 6.61 Å². The van der Waals surface area contributed by atoms with Crippen molar-refractivity contribution in [3.05, 3.63) is 0 Å². The maximum absolute atomic E-state index is 11.6. The first-order valence-electron chi connectivity index (χ1n) is 6.86. The molecule has 2 aliphatic rings. The lowest BCUT2D eigenvalue weighted by molar-refractivity contribution is -0.125. The summed E-state index contributed by atoms with van der Waals surface area (Å²) in [6.07, 6.45) is 4.42. The van der Waals surface area contributed by atoms with Crippen LogP contribution >= 0.6 is 0 Å². The van der Waals surface area contributed by atoms with Gasteiger partial charge in [0.1, 0.15) is 5.54 Å². The summed E-state index contributed by atoms with van der Waals surface area (Å²) < 4.78 is 5.22. The van der Waals surface area contributed by atoms with Crippen LogP contribution in [0.3, 0.4) is 0 Å². The van der Waals surface area contributed by atoms with E-state index in [1.807, 2.05) is 0 Å². The highest BCUT2D eigenvalue weighted by Crippen LogP contribution is 2.39. The van der Waals surface area contributed by atoms with Crippen LogP contribution in [0.15, 0.2) is 0 Å².